The molecule has 0 bridgehead atoms. The van der Waals surface area contributed by atoms with E-state index in [-0.39, 0.29) is 22.7 Å². The second kappa shape index (κ2) is 8.08. The van der Waals surface area contributed by atoms with Crippen LogP contribution >= 0.6 is 0 Å². The molecule has 2 aromatic carbocycles. The highest BCUT2D eigenvalue weighted by molar-refractivity contribution is 5.95. The summed E-state index contributed by atoms with van der Waals surface area (Å²) in [6, 6.07) is 12.0. The molecule has 1 atom stereocenters. The molecule has 2 aromatic heterocycles. The number of hydrogen-bond donors (Lipinski definition) is 2. The normalized spacial score (nSPS) is 17.7. The van der Waals surface area contributed by atoms with Gasteiger partial charge in [-0.25, -0.2) is 9.37 Å². The van der Waals surface area contributed by atoms with Crippen molar-refractivity contribution in [1.29, 1.82) is 5.26 Å². The van der Waals surface area contributed by atoms with Gasteiger partial charge in [0, 0.05) is 36.4 Å². The smallest absolute Gasteiger partial charge is 0.272 e. The van der Waals surface area contributed by atoms with Crippen LogP contribution in [0, 0.1) is 24.1 Å². The second-order valence-electron chi connectivity index (χ2n) is 9.00. The summed E-state index contributed by atoms with van der Waals surface area (Å²) in [4.78, 5) is 18.0. The van der Waals surface area contributed by atoms with E-state index in [1.54, 1.807) is 10.7 Å². The topological polar surface area (TPSA) is 101 Å². The van der Waals surface area contributed by atoms with Crippen molar-refractivity contribution in [2.24, 2.45) is 7.05 Å². The standard InChI is InChI=1S/C25H24FN7O/c1-15-22(24(34)30-25(2)8-9-28-14-25)29-23(16-4-5-17(12-27)20(26)11-16)33(15)19-6-7-21-18(10-19)13-32(3)31-21/h4-7,10-11,13,28H,8-9,14H2,1-3H3,(H,30,34)/t25-/m1/s1. The maximum absolute atomic E-state index is 14.5. The predicted molar refractivity (Wildman–Crippen MR) is 126 cm³/mol. The molecule has 1 aliphatic heterocycles. The fraction of sp³-hybridized carbons (Fsp3) is 0.280. The van der Waals surface area contributed by atoms with Gasteiger partial charge in [0.15, 0.2) is 0 Å². The van der Waals surface area contributed by atoms with E-state index in [1.807, 2.05) is 55.9 Å². The van der Waals surface area contributed by atoms with Crippen LogP contribution in [-0.4, -0.2) is 43.9 Å². The van der Waals surface area contributed by atoms with Gasteiger partial charge in [-0.2, -0.15) is 10.4 Å². The minimum absolute atomic E-state index is 0.0463. The van der Waals surface area contributed by atoms with E-state index in [2.05, 4.69) is 20.7 Å². The Bertz CT molecular complexity index is 1470. The number of aromatic nitrogens is 4. The molecule has 2 N–H and O–H groups in total. The Balaban J connectivity index is 1.66. The Morgan fingerprint density at radius 3 is 2.82 bits per heavy atom. The van der Waals surface area contributed by atoms with Gasteiger partial charge in [0.1, 0.15) is 23.4 Å². The van der Waals surface area contributed by atoms with Crippen molar-refractivity contribution in [3.8, 4) is 23.1 Å². The first-order chi connectivity index (χ1) is 16.3. The molecule has 0 saturated carbocycles. The minimum atomic E-state index is -0.634. The van der Waals surface area contributed by atoms with Crippen LogP contribution in [0.4, 0.5) is 4.39 Å². The summed E-state index contributed by atoms with van der Waals surface area (Å²) in [5.41, 5.74) is 2.60. The lowest BCUT2D eigenvalue weighted by Gasteiger charge is -2.24. The number of rotatable bonds is 4. The van der Waals surface area contributed by atoms with Gasteiger partial charge >= 0.3 is 0 Å². The van der Waals surface area contributed by atoms with Crippen LogP contribution in [0.2, 0.25) is 0 Å². The van der Waals surface area contributed by atoms with Crippen molar-refractivity contribution < 1.29 is 9.18 Å². The van der Waals surface area contributed by atoms with Gasteiger partial charge in [0.25, 0.3) is 5.91 Å². The molecular formula is C25H24FN7O. The zero-order chi connectivity index (χ0) is 24.0. The number of imidazole rings is 1. The zero-order valence-corrected chi connectivity index (χ0v) is 19.2. The highest BCUT2D eigenvalue weighted by Gasteiger charge is 2.32. The number of nitrogens with one attached hydrogen (secondary N) is 2. The molecule has 34 heavy (non-hydrogen) atoms. The highest BCUT2D eigenvalue weighted by Crippen LogP contribution is 2.29. The zero-order valence-electron chi connectivity index (χ0n) is 19.2. The average Bonchev–Trinajstić information content (AvgIpc) is 3.49. The third-order valence-corrected chi connectivity index (χ3v) is 6.32. The Morgan fingerprint density at radius 2 is 2.12 bits per heavy atom. The van der Waals surface area contributed by atoms with Gasteiger partial charge < -0.3 is 10.6 Å². The van der Waals surface area contributed by atoms with Crippen molar-refractivity contribution in [3.05, 3.63) is 65.4 Å². The van der Waals surface area contributed by atoms with E-state index >= 15 is 0 Å². The Kier molecular flexibility index (Phi) is 5.18. The van der Waals surface area contributed by atoms with Crippen LogP contribution in [0.15, 0.2) is 42.6 Å². The molecule has 1 aliphatic rings. The molecule has 1 saturated heterocycles. The van der Waals surface area contributed by atoms with Crippen LogP contribution in [0.25, 0.3) is 28.0 Å². The van der Waals surface area contributed by atoms with Gasteiger partial charge in [-0.1, -0.05) is 0 Å². The van der Waals surface area contributed by atoms with Gasteiger partial charge in [-0.3, -0.25) is 14.0 Å². The van der Waals surface area contributed by atoms with Gasteiger partial charge in [-0.05, 0) is 63.2 Å². The van der Waals surface area contributed by atoms with Gasteiger partial charge in [-0.15, -0.1) is 0 Å². The highest BCUT2D eigenvalue weighted by atomic mass is 19.1. The maximum atomic E-state index is 14.5. The van der Waals surface area contributed by atoms with Crippen LogP contribution in [0.3, 0.4) is 0 Å². The number of benzene rings is 2. The fourth-order valence-corrected chi connectivity index (χ4v) is 4.50. The summed E-state index contributed by atoms with van der Waals surface area (Å²) in [5, 5.41) is 20.9. The van der Waals surface area contributed by atoms with Crippen molar-refractivity contribution in [2.45, 2.75) is 25.8 Å². The minimum Gasteiger partial charge on any atom is -0.344 e. The molecule has 4 aromatic rings. The summed E-state index contributed by atoms with van der Waals surface area (Å²) in [6.07, 6.45) is 2.73. The lowest BCUT2D eigenvalue weighted by atomic mass is 10.0. The maximum Gasteiger partial charge on any atom is 0.272 e. The third-order valence-electron chi connectivity index (χ3n) is 6.32. The number of carbonyl (C=O) groups excluding carboxylic acids is 1. The Morgan fingerprint density at radius 1 is 1.29 bits per heavy atom. The largest absolute Gasteiger partial charge is 0.344 e. The first-order valence-corrected chi connectivity index (χ1v) is 11.0. The lowest BCUT2D eigenvalue weighted by Crippen LogP contribution is -2.47. The SMILES string of the molecule is Cc1c(C(=O)N[C@]2(C)CCNC2)nc(-c2ccc(C#N)c(F)c2)n1-c1ccc2nn(C)cc2c1. The van der Waals surface area contributed by atoms with E-state index in [0.29, 0.717) is 23.6 Å². The average molecular weight is 458 g/mol. The van der Waals surface area contributed by atoms with Gasteiger partial charge in [0.05, 0.1) is 22.3 Å². The third kappa shape index (κ3) is 3.72. The number of fused-ring (bicyclic) bond motifs is 1. The molecule has 8 nitrogen and oxygen atoms in total. The van der Waals surface area contributed by atoms with E-state index in [1.165, 1.54) is 12.1 Å². The van der Waals surface area contributed by atoms with Crippen molar-refractivity contribution in [1.82, 2.24) is 30.0 Å². The van der Waals surface area contributed by atoms with Gasteiger partial charge in [0.2, 0.25) is 0 Å². The molecule has 0 radical (unpaired) electrons. The van der Waals surface area contributed by atoms with Crippen molar-refractivity contribution in [2.75, 3.05) is 13.1 Å². The number of amides is 1. The van der Waals surface area contributed by atoms with Crippen LogP contribution in [0.1, 0.15) is 35.1 Å². The number of halogens is 1. The lowest BCUT2D eigenvalue weighted by molar-refractivity contribution is 0.0907. The quantitative estimate of drug-likeness (QED) is 0.490. The van der Waals surface area contributed by atoms with Crippen LogP contribution in [-0.2, 0) is 7.05 Å². The molecular weight excluding hydrogens is 433 g/mol. The fourth-order valence-electron chi connectivity index (χ4n) is 4.50. The van der Waals surface area contributed by atoms with E-state index in [0.717, 1.165) is 29.6 Å². The molecule has 9 heteroatoms. The van der Waals surface area contributed by atoms with Crippen molar-refractivity contribution in [3.63, 3.8) is 0 Å². The number of nitrogens with zero attached hydrogens (tertiary/aromatic N) is 5. The summed E-state index contributed by atoms with van der Waals surface area (Å²) in [6.45, 7) is 5.35. The number of hydrogen-bond acceptors (Lipinski definition) is 5. The molecule has 1 amide bonds. The first kappa shape index (κ1) is 21.8. The number of carbonyl (C=O) groups is 1. The summed E-state index contributed by atoms with van der Waals surface area (Å²) >= 11 is 0. The van der Waals surface area contributed by atoms with E-state index in [9.17, 15) is 9.18 Å². The molecule has 172 valence electrons. The van der Waals surface area contributed by atoms with Crippen LogP contribution < -0.4 is 10.6 Å². The molecule has 3 heterocycles. The van der Waals surface area contributed by atoms with E-state index < -0.39 is 5.82 Å². The monoisotopic (exact) mass is 457 g/mol. The first-order valence-electron chi connectivity index (χ1n) is 11.0. The van der Waals surface area contributed by atoms with Crippen LogP contribution in [0.5, 0.6) is 0 Å². The second-order valence-corrected chi connectivity index (χ2v) is 9.00. The molecule has 0 unspecified atom stereocenters. The number of nitriles is 1. The molecule has 0 aliphatic carbocycles. The van der Waals surface area contributed by atoms with Crippen molar-refractivity contribution >= 4 is 16.8 Å². The summed E-state index contributed by atoms with van der Waals surface area (Å²) < 4.78 is 18.1. The number of aryl methyl sites for hydroxylation is 1. The summed E-state index contributed by atoms with van der Waals surface area (Å²) in [7, 11) is 1.86. The molecule has 5 rings (SSSR count). The predicted octanol–water partition coefficient (Wildman–Crippen LogP) is 3.23. The molecule has 0 spiro atoms. The Labute approximate surface area is 196 Å². The summed E-state index contributed by atoms with van der Waals surface area (Å²) in [5.74, 6) is -0.491. The Hall–Kier alpha value is -4.03. The molecule has 1 fully saturated rings. The van der Waals surface area contributed by atoms with E-state index in [4.69, 9.17) is 5.26 Å².